The van der Waals surface area contributed by atoms with Crippen molar-refractivity contribution in [3.05, 3.63) is 48.0 Å². The number of sulfonamides is 1. The highest BCUT2D eigenvalue weighted by Crippen LogP contribution is 2.26. The van der Waals surface area contributed by atoms with Crippen LogP contribution in [0.5, 0.6) is 0 Å². The molecule has 0 radical (unpaired) electrons. The fourth-order valence-corrected chi connectivity index (χ4v) is 4.82. The molecule has 1 fully saturated rings. The van der Waals surface area contributed by atoms with Crippen molar-refractivity contribution in [1.29, 1.82) is 5.26 Å². The largest absolute Gasteiger partial charge is 0.298 e. The van der Waals surface area contributed by atoms with Crippen molar-refractivity contribution in [3.8, 4) is 17.3 Å². The molecule has 1 atom stereocenters. The van der Waals surface area contributed by atoms with Crippen molar-refractivity contribution < 1.29 is 13.2 Å². The number of ketones is 1. The summed E-state index contributed by atoms with van der Waals surface area (Å²) in [6.07, 6.45) is 2.12. The highest BCUT2D eigenvalue weighted by atomic mass is 32.2. The summed E-state index contributed by atoms with van der Waals surface area (Å²) in [6, 6.07) is 13.0. The summed E-state index contributed by atoms with van der Waals surface area (Å²) < 4.78 is 27.4. The predicted octanol–water partition coefficient (Wildman–Crippen LogP) is 2.75. The van der Waals surface area contributed by atoms with Gasteiger partial charge >= 0.3 is 0 Å². The van der Waals surface area contributed by atoms with Crippen molar-refractivity contribution >= 4 is 15.8 Å². The van der Waals surface area contributed by atoms with Crippen LogP contribution < -0.4 is 0 Å². The fraction of sp³-hybridized carbons (Fsp3) is 0.316. The molecule has 134 valence electrons. The molecule has 1 unspecified atom stereocenters. The molecule has 26 heavy (non-hydrogen) atoms. The van der Waals surface area contributed by atoms with E-state index in [0.717, 1.165) is 18.4 Å². The number of rotatable bonds is 4. The van der Waals surface area contributed by atoms with Crippen LogP contribution in [0.15, 0.2) is 47.5 Å². The summed E-state index contributed by atoms with van der Waals surface area (Å²) >= 11 is 0. The van der Waals surface area contributed by atoms with Crippen molar-refractivity contribution in [2.45, 2.75) is 37.3 Å². The highest BCUT2D eigenvalue weighted by molar-refractivity contribution is 7.89. The van der Waals surface area contributed by atoms with Gasteiger partial charge in [0.15, 0.2) is 5.03 Å². The van der Waals surface area contributed by atoms with Crippen molar-refractivity contribution in [2.75, 3.05) is 6.54 Å². The molecule has 6 nitrogen and oxygen atoms in total. The Morgan fingerprint density at radius 1 is 1.19 bits per heavy atom. The second-order valence-corrected chi connectivity index (χ2v) is 8.13. The summed E-state index contributed by atoms with van der Waals surface area (Å²) in [5.41, 5.74) is 1.75. The summed E-state index contributed by atoms with van der Waals surface area (Å²) in [6.45, 7) is 1.76. The minimum Gasteiger partial charge on any atom is -0.298 e. The Balaban J connectivity index is 1.98. The smallest absolute Gasteiger partial charge is 0.261 e. The molecule has 0 bridgehead atoms. The van der Waals surface area contributed by atoms with Crippen LogP contribution >= 0.6 is 0 Å². The highest BCUT2D eigenvalue weighted by Gasteiger charge is 2.36. The third-order valence-electron chi connectivity index (χ3n) is 4.53. The lowest BCUT2D eigenvalue weighted by molar-refractivity contribution is -0.121. The van der Waals surface area contributed by atoms with Gasteiger partial charge in [0.2, 0.25) is 0 Å². The first-order valence-corrected chi connectivity index (χ1v) is 9.87. The maximum atomic E-state index is 13.1. The number of nitrogens with zero attached hydrogens (tertiary/aromatic N) is 3. The Morgan fingerprint density at radius 3 is 2.58 bits per heavy atom. The zero-order valence-electron chi connectivity index (χ0n) is 14.4. The molecule has 0 N–H and O–H groups in total. The molecule has 0 spiro atoms. The molecular formula is C19H19N3O3S. The standard InChI is InChI=1S/C19H19N3O3S/c1-14(23)18-6-2-3-12-22(18)26(24,25)19-7-4-5-17(21-19)16-10-8-15(13-20)9-11-16/h4-5,7-11,18H,2-3,6,12H2,1H3. The van der Waals surface area contributed by atoms with Crippen LogP contribution in [0, 0.1) is 11.3 Å². The van der Waals surface area contributed by atoms with E-state index in [4.69, 9.17) is 5.26 Å². The number of Topliss-reactive ketones (excluding diaryl/α,β-unsaturated/α-hetero) is 1. The molecule has 1 aromatic carbocycles. The number of pyridine rings is 1. The van der Waals surface area contributed by atoms with E-state index in [0.29, 0.717) is 24.2 Å². The Hall–Kier alpha value is -2.56. The summed E-state index contributed by atoms with van der Waals surface area (Å²) in [7, 11) is -3.85. The molecular weight excluding hydrogens is 350 g/mol. The average molecular weight is 369 g/mol. The minimum atomic E-state index is -3.85. The van der Waals surface area contributed by atoms with Gasteiger partial charge in [-0.15, -0.1) is 0 Å². The lowest BCUT2D eigenvalue weighted by Gasteiger charge is -2.32. The van der Waals surface area contributed by atoms with E-state index < -0.39 is 16.1 Å². The summed E-state index contributed by atoms with van der Waals surface area (Å²) in [5, 5.41) is 8.82. The Bertz CT molecular complexity index is 962. The van der Waals surface area contributed by atoms with Gasteiger partial charge in [-0.05, 0) is 44.0 Å². The molecule has 0 aliphatic carbocycles. The second kappa shape index (κ2) is 7.36. The Morgan fingerprint density at radius 2 is 1.92 bits per heavy atom. The van der Waals surface area contributed by atoms with Crippen molar-refractivity contribution in [1.82, 2.24) is 9.29 Å². The molecule has 2 heterocycles. The molecule has 0 amide bonds. The van der Waals surface area contributed by atoms with E-state index in [1.54, 1.807) is 36.4 Å². The third-order valence-corrected chi connectivity index (χ3v) is 6.34. The van der Waals surface area contributed by atoms with Crippen LogP contribution in [0.2, 0.25) is 0 Å². The van der Waals surface area contributed by atoms with Gasteiger partial charge in [0.05, 0.1) is 23.4 Å². The summed E-state index contributed by atoms with van der Waals surface area (Å²) in [5.74, 6) is -0.142. The van der Waals surface area contributed by atoms with Crippen LogP contribution in [0.3, 0.4) is 0 Å². The van der Waals surface area contributed by atoms with Crippen molar-refractivity contribution in [2.24, 2.45) is 0 Å². The number of piperidine rings is 1. The predicted molar refractivity (Wildman–Crippen MR) is 96.6 cm³/mol. The second-order valence-electron chi connectivity index (χ2n) is 6.29. The van der Waals surface area contributed by atoms with Crippen LogP contribution in [-0.4, -0.2) is 36.1 Å². The molecule has 3 rings (SSSR count). The monoisotopic (exact) mass is 369 g/mol. The van der Waals surface area contributed by atoms with E-state index >= 15 is 0 Å². The molecule has 1 aliphatic heterocycles. The quantitative estimate of drug-likeness (QED) is 0.826. The van der Waals surface area contributed by atoms with Gasteiger partial charge in [0, 0.05) is 12.1 Å². The van der Waals surface area contributed by atoms with E-state index in [2.05, 4.69) is 4.98 Å². The number of carbonyl (C=O) groups is 1. The summed E-state index contributed by atoms with van der Waals surface area (Å²) in [4.78, 5) is 16.2. The molecule has 1 saturated heterocycles. The number of benzene rings is 1. The van der Waals surface area contributed by atoms with E-state index in [-0.39, 0.29) is 10.8 Å². The Kier molecular flexibility index (Phi) is 5.16. The molecule has 2 aromatic rings. The topological polar surface area (TPSA) is 91.1 Å². The van der Waals surface area contributed by atoms with Crippen molar-refractivity contribution in [3.63, 3.8) is 0 Å². The Labute approximate surface area is 153 Å². The molecule has 1 aliphatic rings. The normalized spacial score (nSPS) is 18.2. The lowest BCUT2D eigenvalue weighted by atomic mass is 10.0. The maximum Gasteiger partial charge on any atom is 0.261 e. The van der Waals surface area contributed by atoms with Crippen LogP contribution in [0.4, 0.5) is 0 Å². The first-order chi connectivity index (χ1) is 12.4. The number of hydrogen-bond acceptors (Lipinski definition) is 5. The average Bonchev–Trinajstić information content (AvgIpc) is 2.68. The number of carbonyl (C=O) groups excluding carboxylic acids is 1. The number of nitriles is 1. The maximum absolute atomic E-state index is 13.1. The first kappa shape index (κ1) is 18.2. The van der Waals surface area contributed by atoms with E-state index in [1.807, 2.05) is 6.07 Å². The lowest BCUT2D eigenvalue weighted by Crippen LogP contribution is -2.47. The zero-order chi connectivity index (χ0) is 18.7. The van der Waals surface area contributed by atoms with Gasteiger partial charge in [-0.1, -0.05) is 24.6 Å². The fourth-order valence-electron chi connectivity index (χ4n) is 3.15. The molecule has 0 saturated carbocycles. The number of hydrogen-bond donors (Lipinski definition) is 0. The third kappa shape index (κ3) is 3.52. The minimum absolute atomic E-state index is 0.0625. The SMILES string of the molecule is CC(=O)C1CCCCN1S(=O)(=O)c1cccc(-c2ccc(C#N)cc2)n1. The van der Waals surface area contributed by atoms with E-state index in [9.17, 15) is 13.2 Å². The van der Waals surface area contributed by atoms with Gasteiger partial charge in [-0.2, -0.15) is 9.57 Å². The zero-order valence-corrected chi connectivity index (χ0v) is 15.2. The van der Waals surface area contributed by atoms with Crippen LogP contribution in [0.1, 0.15) is 31.7 Å². The van der Waals surface area contributed by atoms with Gasteiger partial charge in [-0.25, -0.2) is 13.4 Å². The first-order valence-electron chi connectivity index (χ1n) is 8.43. The van der Waals surface area contributed by atoms with Gasteiger partial charge in [0.1, 0.15) is 5.78 Å². The van der Waals surface area contributed by atoms with Gasteiger partial charge in [-0.3, -0.25) is 4.79 Å². The molecule has 1 aromatic heterocycles. The number of aromatic nitrogens is 1. The van der Waals surface area contributed by atoms with E-state index in [1.165, 1.54) is 17.3 Å². The van der Waals surface area contributed by atoms with Gasteiger partial charge < -0.3 is 0 Å². The van der Waals surface area contributed by atoms with Crippen LogP contribution in [-0.2, 0) is 14.8 Å². The van der Waals surface area contributed by atoms with Gasteiger partial charge in [0.25, 0.3) is 10.0 Å². The van der Waals surface area contributed by atoms with Crippen LogP contribution in [0.25, 0.3) is 11.3 Å². The molecule has 7 heteroatoms.